The van der Waals surface area contributed by atoms with E-state index in [9.17, 15) is 4.79 Å². The number of nitrogens with one attached hydrogen (secondary N) is 2. The van der Waals surface area contributed by atoms with E-state index >= 15 is 0 Å². The summed E-state index contributed by atoms with van der Waals surface area (Å²) in [6, 6.07) is 8.39. The lowest BCUT2D eigenvalue weighted by atomic mass is 9.95. The molecule has 1 aromatic heterocycles. The second-order valence-electron chi connectivity index (χ2n) is 7.99. The third-order valence-corrected chi connectivity index (χ3v) is 5.91. The van der Waals surface area contributed by atoms with E-state index in [1.54, 1.807) is 0 Å². The molecule has 1 aliphatic heterocycles. The minimum Gasteiger partial charge on any atom is -0.351 e. The van der Waals surface area contributed by atoms with E-state index in [1.165, 1.54) is 30.5 Å². The van der Waals surface area contributed by atoms with Gasteiger partial charge < -0.3 is 10.6 Å². The van der Waals surface area contributed by atoms with Crippen LogP contribution in [-0.2, 0) is 12.8 Å². The highest BCUT2D eigenvalue weighted by Crippen LogP contribution is 2.27. The number of carbonyl (C=O) groups excluding carboxylic acids is 1. The lowest BCUT2D eigenvalue weighted by molar-refractivity contribution is 0.0944. The van der Waals surface area contributed by atoms with Gasteiger partial charge in [-0.1, -0.05) is 17.7 Å². The molecule has 27 heavy (non-hydrogen) atoms. The van der Waals surface area contributed by atoms with Crippen molar-refractivity contribution in [1.29, 1.82) is 0 Å². The Hall–Kier alpha value is -2.14. The average Bonchev–Trinajstić information content (AvgIpc) is 3.09. The lowest BCUT2D eigenvalue weighted by Gasteiger charge is -2.22. The van der Waals surface area contributed by atoms with Crippen molar-refractivity contribution in [3.05, 3.63) is 46.8 Å². The van der Waals surface area contributed by atoms with Crippen molar-refractivity contribution in [2.24, 2.45) is 5.92 Å². The Morgan fingerprint density at radius 1 is 1.22 bits per heavy atom. The highest BCUT2D eigenvalue weighted by molar-refractivity contribution is 5.94. The zero-order chi connectivity index (χ0) is 18.6. The first-order valence-electron chi connectivity index (χ1n) is 10.4. The summed E-state index contributed by atoms with van der Waals surface area (Å²) in [5.74, 6) is 0.667. The molecule has 5 nitrogen and oxygen atoms in total. The van der Waals surface area contributed by atoms with Crippen molar-refractivity contribution in [2.45, 2.75) is 51.9 Å². The SMILES string of the molecule is Cc1ccc(-n2nc(C(=O)NCCC3CCCNC3)c3c2CCCC3)cc1. The van der Waals surface area contributed by atoms with Gasteiger partial charge in [0, 0.05) is 17.8 Å². The van der Waals surface area contributed by atoms with Crippen LogP contribution in [0.15, 0.2) is 24.3 Å². The molecule has 1 unspecified atom stereocenters. The zero-order valence-electron chi connectivity index (χ0n) is 16.3. The Morgan fingerprint density at radius 3 is 2.81 bits per heavy atom. The molecule has 0 bridgehead atoms. The predicted molar refractivity (Wildman–Crippen MR) is 107 cm³/mol. The molecule has 0 spiro atoms. The van der Waals surface area contributed by atoms with Crippen LogP contribution in [0.3, 0.4) is 0 Å². The van der Waals surface area contributed by atoms with Crippen LogP contribution >= 0.6 is 0 Å². The molecule has 0 saturated carbocycles. The normalized spacial score (nSPS) is 19.5. The molecule has 1 aromatic carbocycles. The first kappa shape index (κ1) is 18.2. The van der Waals surface area contributed by atoms with Gasteiger partial charge in [-0.3, -0.25) is 4.79 Å². The van der Waals surface area contributed by atoms with Gasteiger partial charge in [-0.25, -0.2) is 4.68 Å². The van der Waals surface area contributed by atoms with Crippen LogP contribution in [0.2, 0.25) is 0 Å². The summed E-state index contributed by atoms with van der Waals surface area (Å²) >= 11 is 0. The van der Waals surface area contributed by atoms with Crippen LogP contribution in [0.25, 0.3) is 5.69 Å². The molecule has 1 atom stereocenters. The number of aryl methyl sites for hydroxylation is 1. The monoisotopic (exact) mass is 366 g/mol. The molecule has 1 fully saturated rings. The van der Waals surface area contributed by atoms with Crippen LogP contribution in [0.5, 0.6) is 0 Å². The number of piperidine rings is 1. The number of rotatable bonds is 5. The summed E-state index contributed by atoms with van der Waals surface area (Å²) in [6.07, 6.45) is 7.81. The maximum Gasteiger partial charge on any atom is 0.272 e. The molecular formula is C22H30N4O. The molecule has 5 heteroatoms. The summed E-state index contributed by atoms with van der Waals surface area (Å²) in [5, 5.41) is 11.3. The topological polar surface area (TPSA) is 59.0 Å². The maximum atomic E-state index is 12.9. The van der Waals surface area contributed by atoms with E-state index in [4.69, 9.17) is 5.10 Å². The Bertz CT molecular complexity index is 787. The van der Waals surface area contributed by atoms with Gasteiger partial charge in [0.1, 0.15) is 0 Å². The van der Waals surface area contributed by atoms with E-state index in [1.807, 2.05) is 4.68 Å². The summed E-state index contributed by atoms with van der Waals surface area (Å²) in [4.78, 5) is 12.9. The van der Waals surface area contributed by atoms with Gasteiger partial charge in [0.25, 0.3) is 5.91 Å². The highest BCUT2D eigenvalue weighted by atomic mass is 16.1. The summed E-state index contributed by atoms with van der Waals surface area (Å²) in [5.41, 5.74) is 5.28. The smallest absolute Gasteiger partial charge is 0.272 e. The Kier molecular flexibility index (Phi) is 5.58. The van der Waals surface area contributed by atoms with Crippen molar-refractivity contribution in [1.82, 2.24) is 20.4 Å². The highest BCUT2D eigenvalue weighted by Gasteiger charge is 2.25. The Morgan fingerprint density at radius 2 is 2.04 bits per heavy atom. The molecule has 0 radical (unpaired) electrons. The van der Waals surface area contributed by atoms with Crippen molar-refractivity contribution >= 4 is 5.91 Å². The molecule has 2 aromatic rings. The van der Waals surface area contributed by atoms with Crippen LogP contribution in [0, 0.1) is 12.8 Å². The predicted octanol–water partition coefficient (Wildman–Crippen LogP) is 3.18. The molecule has 2 N–H and O–H groups in total. The number of carbonyl (C=O) groups is 1. The van der Waals surface area contributed by atoms with Crippen LogP contribution < -0.4 is 10.6 Å². The molecule has 2 heterocycles. The summed E-state index contributed by atoms with van der Waals surface area (Å²) in [7, 11) is 0. The van der Waals surface area contributed by atoms with Gasteiger partial charge in [0.2, 0.25) is 0 Å². The molecule has 144 valence electrons. The molecule has 1 aliphatic carbocycles. The van der Waals surface area contributed by atoms with Crippen molar-refractivity contribution in [3.8, 4) is 5.69 Å². The number of hydrogen-bond donors (Lipinski definition) is 2. The zero-order valence-corrected chi connectivity index (χ0v) is 16.3. The van der Waals surface area contributed by atoms with Crippen LogP contribution in [-0.4, -0.2) is 35.3 Å². The van der Waals surface area contributed by atoms with Crippen molar-refractivity contribution in [3.63, 3.8) is 0 Å². The van der Waals surface area contributed by atoms with Crippen LogP contribution in [0.4, 0.5) is 0 Å². The molecule has 2 aliphatic rings. The number of benzene rings is 1. The van der Waals surface area contributed by atoms with E-state index in [0.717, 1.165) is 56.6 Å². The second-order valence-corrected chi connectivity index (χ2v) is 7.99. The van der Waals surface area contributed by atoms with Gasteiger partial charge in [0.05, 0.1) is 5.69 Å². The minimum absolute atomic E-state index is 0.0113. The largest absolute Gasteiger partial charge is 0.351 e. The van der Waals surface area contributed by atoms with Gasteiger partial charge >= 0.3 is 0 Å². The van der Waals surface area contributed by atoms with Crippen LogP contribution in [0.1, 0.15) is 59.4 Å². The number of fused-ring (bicyclic) bond motifs is 1. The van der Waals surface area contributed by atoms with Gasteiger partial charge in [-0.2, -0.15) is 5.10 Å². The van der Waals surface area contributed by atoms with Gasteiger partial charge in [0.15, 0.2) is 5.69 Å². The fourth-order valence-corrected chi connectivity index (χ4v) is 4.32. The average molecular weight is 367 g/mol. The van der Waals surface area contributed by atoms with E-state index in [-0.39, 0.29) is 5.91 Å². The second kappa shape index (κ2) is 8.26. The van der Waals surface area contributed by atoms with Gasteiger partial charge in [-0.15, -0.1) is 0 Å². The first-order chi connectivity index (χ1) is 13.2. The summed E-state index contributed by atoms with van der Waals surface area (Å²) in [6.45, 7) is 5.03. The van der Waals surface area contributed by atoms with Crippen molar-refractivity contribution < 1.29 is 4.79 Å². The standard InChI is InChI=1S/C22H30N4O/c1-16-8-10-18(11-9-16)26-20-7-3-2-6-19(20)21(25-26)22(27)24-14-12-17-5-4-13-23-15-17/h8-11,17,23H,2-7,12-15H2,1H3,(H,24,27). The Balaban J connectivity index is 1.49. The number of amides is 1. The summed E-state index contributed by atoms with van der Waals surface area (Å²) < 4.78 is 1.99. The molecular weight excluding hydrogens is 336 g/mol. The fourth-order valence-electron chi connectivity index (χ4n) is 4.32. The third kappa shape index (κ3) is 4.08. The minimum atomic E-state index is -0.0113. The lowest BCUT2D eigenvalue weighted by Crippen LogP contribution is -2.33. The molecule has 4 rings (SSSR count). The van der Waals surface area contributed by atoms with Crippen molar-refractivity contribution in [2.75, 3.05) is 19.6 Å². The number of nitrogens with zero attached hydrogens (tertiary/aromatic N) is 2. The maximum absolute atomic E-state index is 12.9. The molecule has 1 saturated heterocycles. The van der Waals surface area contributed by atoms with E-state index in [2.05, 4.69) is 41.8 Å². The Labute approximate surface area is 161 Å². The van der Waals surface area contributed by atoms with Gasteiger partial charge in [-0.05, 0) is 83.0 Å². The number of aromatic nitrogens is 2. The van der Waals surface area contributed by atoms with E-state index in [0.29, 0.717) is 11.6 Å². The fraction of sp³-hybridized carbons (Fsp3) is 0.545. The van der Waals surface area contributed by atoms with E-state index < -0.39 is 0 Å². The first-order valence-corrected chi connectivity index (χ1v) is 10.4. The number of hydrogen-bond acceptors (Lipinski definition) is 3. The quantitative estimate of drug-likeness (QED) is 0.854. The third-order valence-electron chi connectivity index (χ3n) is 5.91. The molecule has 1 amide bonds.